The smallest absolute Gasteiger partial charge is 0.0891 e. The molecule has 0 saturated carbocycles. The van der Waals surface area contributed by atoms with Gasteiger partial charge in [-0.05, 0) is 88.8 Å². The van der Waals surface area contributed by atoms with Crippen molar-refractivity contribution in [2.75, 3.05) is 0 Å². The molecule has 0 radical (unpaired) electrons. The van der Waals surface area contributed by atoms with Gasteiger partial charge in [-0.15, -0.1) is 0 Å². The van der Waals surface area contributed by atoms with Crippen LogP contribution in [0.4, 0.5) is 22.7 Å². The van der Waals surface area contributed by atoms with E-state index in [2.05, 4.69) is 91.8 Å². The molecule has 0 atom stereocenters. The third-order valence-corrected chi connectivity index (χ3v) is 5.58. The van der Waals surface area contributed by atoms with Gasteiger partial charge in [-0.1, -0.05) is 39.8 Å². The van der Waals surface area contributed by atoms with Crippen molar-refractivity contribution in [1.29, 1.82) is 0 Å². The van der Waals surface area contributed by atoms with E-state index in [-0.39, 0.29) is 0 Å². The maximum absolute atomic E-state index is 4.86. The molecule has 0 aliphatic rings. The fourth-order valence-electron chi connectivity index (χ4n) is 2.91. The zero-order valence-corrected chi connectivity index (χ0v) is 21.1. The average molecular weight is 431 g/mol. The number of hydrogen-bond acceptors (Lipinski definition) is 4. The van der Waals surface area contributed by atoms with Crippen LogP contribution in [0.2, 0.25) is 0 Å². The van der Waals surface area contributed by atoms with Gasteiger partial charge in [0.25, 0.3) is 0 Å². The molecule has 0 spiro atoms. The first-order chi connectivity index (χ1) is 15.3. The second kappa shape index (κ2) is 12.2. The SMILES string of the molecule is CCC(C)=Nc1ccc(-c2ccc(N=C(C)CC)c(N=C(C)CC)c2)cc1N=C(C)CC. The number of benzene rings is 2. The minimum absolute atomic E-state index is 0.911. The van der Waals surface area contributed by atoms with Gasteiger partial charge in [-0.2, -0.15) is 0 Å². The molecule has 4 heteroatoms. The van der Waals surface area contributed by atoms with Gasteiger partial charge in [-0.25, -0.2) is 0 Å². The van der Waals surface area contributed by atoms with Crippen molar-refractivity contribution >= 4 is 45.6 Å². The average Bonchev–Trinajstić information content (AvgIpc) is 2.80. The highest BCUT2D eigenvalue weighted by molar-refractivity contribution is 5.92. The van der Waals surface area contributed by atoms with Gasteiger partial charge in [0.05, 0.1) is 22.7 Å². The summed E-state index contributed by atoms with van der Waals surface area (Å²) in [5.74, 6) is 0. The van der Waals surface area contributed by atoms with Crippen LogP contribution in [-0.4, -0.2) is 22.8 Å². The quantitative estimate of drug-likeness (QED) is 0.356. The second-order valence-electron chi connectivity index (χ2n) is 8.21. The summed E-state index contributed by atoms with van der Waals surface area (Å²) in [5, 5.41) is 0. The normalized spacial score (nSPS) is 13.6. The zero-order chi connectivity index (χ0) is 23.7. The summed E-state index contributed by atoms with van der Waals surface area (Å²) in [6, 6.07) is 12.7. The Balaban J connectivity index is 2.65. The van der Waals surface area contributed by atoms with Crippen LogP contribution in [0.3, 0.4) is 0 Å². The Labute approximate surface area is 194 Å². The first kappa shape index (κ1) is 25.4. The second-order valence-corrected chi connectivity index (χ2v) is 8.21. The maximum atomic E-state index is 4.86. The summed E-state index contributed by atoms with van der Waals surface area (Å²) in [6.07, 6.45) is 3.68. The summed E-state index contributed by atoms with van der Waals surface area (Å²) in [5.41, 5.74) is 10.3. The molecule has 0 aromatic heterocycles. The summed E-state index contributed by atoms with van der Waals surface area (Å²) < 4.78 is 0. The fraction of sp³-hybridized carbons (Fsp3) is 0.429. The third-order valence-electron chi connectivity index (χ3n) is 5.58. The van der Waals surface area contributed by atoms with Gasteiger partial charge < -0.3 is 0 Å². The lowest BCUT2D eigenvalue weighted by Gasteiger charge is -2.11. The third kappa shape index (κ3) is 7.08. The molecule has 0 bridgehead atoms. The number of hydrogen-bond donors (Lipinski definition) is 0. The molecule has 0 fully saturated rings. The molecule has 2 rings (SSSR count). The van der Waals surface area contributed by atoms with Gasteiger partial charge in [0.1, 0.15) is 0 Å². The van der Waals surface area contributed by atoms with Crippen LogP contribution in [0.5, 0.6) is 0 Å². The van der Waals surface area contributed by atoms with Gasteiger partial charge in [0.15, 0.2) is 0 Å². The monoisotopic (exact) mass is 430 g/mol. The van der Waals surface area contributed by atoms with Crippen molar-refractivity contribution in [3.8, 4) is 11.1 Å². The predicted octanol–water partition coefficient (Wildman–Crippen LogP) is 9.36. The van der Waals surface area contributed by atoms with E-state index in [0.29, 0.717) is 0 Å². The number of aliphatic imine (C=N–C) groups is 4. The van der Waals surface area contributed by atoms with E-state index in [4.69, 9.17) is 20.0 Å². The van der Waals surface area contributed by atoms with Crippen molar-refractivity contribution in [2.45, 2.75) is 81.1 Å². The van der Waals surface area contributed by atoms with Crippen molar-refractivity contribution in [3.05, 3.63) is 36.4 Å². The summed E-state index contributed by atoms with van der Waals surface area (Å²) in [7, 11) is 0. The van der Waals surface area contributed by atoms with Crippen LogP contribution in [0.15, 0.2) is 56.4 Å². The predicted molar refractivity (Wildman–Crippen MR) is 144 cm³/mol. The first-order valence-electron chi connectivity index (χ1n) is 11.8. The van der Waals surface area contributed by atoms with Gasteiger partial charge in [-0.3, -0.25) is 20.0 Å². The molecule has 32 heavy (non-hydrogen) atoms. The van der Waals surface area contributed by atoms with Crippen molar-refractivity contribution in [2.24, 2.45) is 20.0 Å². The van der Waals surface area contributed by atoms with Crippen LogP contribution in [0.1, 0.15) is 81.1 Å². The Kier molecular flexibility index (Phi) is 9.70. The molecular formula is C28H38N4. The highest BCUT2D eigenvalue weighted by atomic mass is 14.8. The molecule has 0 amide bonds. The molecular weight excluding hydrogens is 392 g/mol. The van der Waals surface area contributed by atoms with E-state index in [0.717, 1.165) is 82.4 Å². The van der Waals surface area contributed by atoms with E-state index in [1.165, 1.54) is 0 Å². The van der Waals surface area contributed by atoms with Crippen molar-refractivity contribution in [1.82, 2.24) is 0 Å². The molecule has 0 saturated heterocycles. The van der Waals surface area contributed by atoms with E-state index in [9.17, 15) is 0 Å². The lowest BCUT2D eigenvalue weighted by molar-refractivity contribution is 1.24. The minimum Gasteiger partial charge on any atom is -0.256 e. The highest BCUT2D eigenvalue weighted by Gasteiger charge is 2.09. The molecule has 170 valence electrons. The zero-order valence-electron chi connectivity index (χ0n) is 21.1. The van der Waals surface area contributed by atoms with Crippen molar-refractivity contribution in [3.63, 3.8) is 0 Å². The lowest BCUT2D eigenvalue weighted by atomic mass is 10.0. The minimum atomic E-state index is 0.911. The fourth-order valence-corrected chi connectivity index (χ4v) is 2.91. The van der Waals surface area contributed by atoms with Gasteiger partial charge >= 0.3 is 0 Å². The molecule has 0 N–H and O–H groups in total. The van der Waals surface area contributed by atoms with Crippen LogP contribution in [0.25, 0.3) is 11.1 Å². The molecule has 0 heterocycles. The highest BCUT2D eigenvalue weighted by Crippen LogP contribution is 2.38. The van der Waals surface area contributed by atoms with E-state index >= 15 is 0 Å². The van der Waals surface area contributed by atoms with Crippen LogP contribution in [0, 0.1) is 0 Å². The Bertz CT molecular complexity index is 970. The standard InChI is InChI=1S/C28H38N4/c1-9-19(5)29-25-15-13-23(17-27(25)31-21(7)11-3)24-14-16-26(30-20(6)10-2)28(18-24)32-22(8)12-4/h13-18H,9-12H2,1-8H3. The van der Waals surface area contributed by atoms with Crippen molar-refractivity contribution < 1.29 is 0 Å². The van der Waals surface area contributed by atoms with E-state index < -0.39 is 0 Å². The molecule has 0 unspecified atom stereocenters. The molecule has 0 aliphatic carbocycles. The van der Waals surface area contributed by atoms with E-state index in [1.807, 2.05) is 0 Å². The largest absolute Gasteiger partial charge is 0.256 e. The van der Waals surface area contributed by atoms with Crippen LogP contribution < -0.4 is 0 Å². The Morgan fingerprint density at radius 1 is 0.469 bits per heavy atom. The molecule has 2 aromatic rings. The summed E-state index contributed by atoms with van der Waals surface area (Å²) in [6.45, 7) is 16.8. The summed E-state index contributed by atoms with van der Waals surface area (Å²) in [4.78, 5) is 19.3. The Morgan fingerprint density at radius 2 is 0.750 bits per heavy atom. The molecule has 2 aromatic carbocycles. The Morgan fingerprint density at radius 3 is 1.03 bits per heavy atom. The van der Waals surface area contributed by atoms with E-state index in [1.54, 1.807) is 0 Å². The molecule has 4 nitrogen and oxygen atoms in total. The number of rotatable bonds is 9. The van der Waals surface area contributed by atoms with Crippen LogP contribution >= 0.6 is 0 Å². The van der Waals surface area contributed by atoms with Gasteiger partial charge in [0, 0.05) is 22.8 Å². The lowest BCUT2D eigenvalue weighted by Crippen LogP contribution is -1.90. The first-order valence-corrected chi connectivity index (χ1v) is 11.8. The maximum Gasteiger partial charge on any atom is 0.0891 e. The molecule has 0 aliphatic heterocycles. The number of nitrogens with zero attached hydrogens (tertiary/aromatic N) is 4. The summed E-state index contributed by atoms with van der Waals surface area (Å²) >= 11 is 0. The van der Waals surface area contributed by atoms with Gasteiger partial charge in [0.2, 0.25) is 0 Å². The Hall–Kier alpha value is -2.88. The van der Waals surface area contributed by atoms with Crippen LogP contribution in [-0.2, 0) is 0 Å². The topological polar surface area (TPSA) is 49.4 Å².